The molecule has 0 aliphatic heterocycles. The highest BCUT2D eigenvalue weighted by molar-refractivity contribution is 5.03. The van der Waals surface area contributed by atoms with Gasteiger partial charge >= 0.3 is 0 Å². The summed E-state index contributed by atoms with van der Waals surface area (Å²) < 4.78 is 15.7. The largest absolute Gasteiger partial charge is 0.494 e. The summed E-state index contributed by atoms with van der Waals surface area (Å²) in [6.45, 7) is 3.27. The Morgan fingerprint density at radius 1 is 1.86 bits per heavy atom. The fourth-order valence-corrected chi connectivity index (χ4v) is 0.172. The minimum atomic E-state index is 0.153. The van der Waals surface area contributed by atoms with Crippen molar-refractivity contribution in [3.8, 4) is 0 Å². The molecule has 0 amide bonds. The number of ether oxygens (including phenoxy) is 1. The Bertz CT molecular complexity index is 86.1. The maximum absolute atomic E-state index is 11.3. The van der Waals surface area contributed by atoms with Crippen molar-refractivity contribution in [1.29, 1.82) is 0 Å². The summed E-state index contributed by atoms with van der Waals surface area (Å²) in [5.74, 6) is 0.153. The minimum absolute atomic E-state index is 0.153. The van der Waals surface area contributed by atoms with Crippen molar-refractivity contribution in [2.45, 2.75) is 0 Å². The van der Waals surface area contributed by atoms with Gasteiger partial charge in [-0.2, -0.15) is 0 Å². The van der Waals surface area contributed by atoms with Crippen molar-refractivity contribution in [3.63, 3.8) is 0 Å². The van der Waals surface area contributed by atoms with Gasteiger partial charge in [-0.05, 0) is 6.08 Å². The van der Waals surface area contributed by atoms with Crippen molar-refractivity contribution in [3.05, 3.63) is 24.7 Å². The zero-order valence-corrected chi connectivity index (χ0v) is 4.15. The minimum Gasteiger partial charge on any atom is -0.494 e. The molecule has 0 saturated heterocycles. The second-order valence-electron chi connectivity index (χ2n) is 0.920. The fraction of sp³-hybridized carbons (Fsp3) is 0.200. The molecule has 7 heavy (non-hydrogen) atoms. The van der Waals surface area contributed by atoms with Gasteiger partial charge in [0.1, 0.15) is 12.1 Å². The topological polar surface area (TPSA) is 9.23 Å². The van der Waals surface area contributed by atoms with Gasteiger partial charge in [0.25, 0.3) is 0 Å². The monoisotopic (exact) mass is 102 g/mol. The Hall–Kier alpha value is -0.790. The highest BCUT2D eigenvalue weighted by atomic mass is 19.1. The molecule has 0 N–H and O–H groups in total. The van der Waals surface area contributed by atoms with Crippen LogP contribution in [-0.4, -0.2) is 7.11 Å². The molecular formula is C5H7FO. The first kappa shape index (κ1) is 6.21. The van der Waals surface area contributed by atoms with E-state index in [1.54, 1.807) is 0 Å². The van der Waals surface area contributed by atoms with Crippen LogP contribution in [0.1, 0.15) is 0 Å². The lowest BCUT2D eigenvalue weighted by atomic mass is 10.5. The summed E-state index contributed by atoms with van der Waals surface area (Å²) in [4.78, 5) is 0. The van der Waals surface area contributed by atoms with Gasteiger partial charge in [0, 0.05) is 0 Å². The molecule has 0 saturated carbocycles. The summed E-state index contributed by atoms with van der Waals surface area (Å²) in [6.07, 6.45) is 1.65. The molecule has 0 aliphatic carbocycles. The van der Waals surface area contributed by atoms with E-state index >= 15 is 0 Å². The lowest BCUT2D eigenvalue weighted by Crippen LogP contribution is -1.75. The molecule has 0 atom stereocenters. The first-order valence-electron chi connectivity index (χ1n) is 1.82. The number of hydrogen-bond donors (Lipinski definition) is 0. The van der Waals surface area contributed by atoms with Gasteiger partial charge in [0.2, 0.25) is 0 Å². The van der Waals surface area contributed by atoms with Crippen molar-refractivity contribution in [2.24, 2.45) is 0 Å². The number of allylic oxidation sites excluding steroid dienone is 1. The van der Waals surface area contributed by atoms with Crippen LogP contribution in [0.4, 0.5) is 4.39 Å². The van der Waals surface area contributed by atoms with E-state index < -0.39 is 0 Å². The van der Waals surface area contributed by atoms with Crippen LogP contribution in [0.3, 0.4) is 0 Å². The molecular weight excluding hydrogens is 95.1 g/mol. The third-order valence-electron chi connectivity index (χ3n) is 0.544. The summed E-state index contributed by atoms with van der Waals surface area (Å²) in [6, 6.07) is 0. The van der Waals surface area contributed by atoms with Crippen LogP contribution in [0.5, 0.6) is 0 Å². The Morgan fingerprint density at radius 2 is 2.43 bits per heavy atom. The van der Waals surface area contributed by atoms with Crippen LogP contribution in [-0.2, 0) is 4.74 Å². The van der Waals surface area contributed by atoms with Crippen molar-refractivity contribution in [1.82, 2.24) is 0 Å². The van der Waals surface area contributed by atoms with E-state index in [0.29, 0.717) is 6.33 Å². The normalized spacial score (nSPS) is 10.9. The first-order chi connectivity index (χ1) is 3.35. The number of hydrogen-bond acceptors (Lipinski definition) is 1. The molecule has 2 heteroatoms. The molecule has 40 valence electrons. The Morgan fingerprint density at radius 3 is 2.43 bits per heavy atom. The lowest BCUT2D eigenvalue weighted by molar-refractivity contribution is 0.299. The zero-order valence-electron chi connectivity index (χ0n) is 4.15. The first-order valence-corrected chi connectivity index (χ1v) is 1.82. The van der Waals surface area contributed by atoms with Gasteiger partial charge in [-0.25, -0.2) is 4.39 Å². The average molecular weight is 102 g/mol. The zero-order chi connectivity index (χ0) is 5.70. The number of rotatable bonds is 2. The van der Waals surface area contributed by atoms with Gasteiger partial charge in [0.15, 0.2) is 0 Å². The molecule has 1 nitrogen and oxygen atoms in total. The van der Waals surface area contributed by atoms with Crippen LogP contribution in [0.25, 0.3) is 0 Å². The lowest BCUT2D eigenvalue weighted by Gasteiger charge is -1.91. The highest BCUT2D eigenvalue weighted by Crippen LogP contribution is 1.93. The van der Waals surface area contributed by atoms with E-state index in [2.05, 4.69) is 11.3 Å². The van der Waals surface area contributed by atoms with Crippen LogP contribution in [0.2, 0.25) is 0 Å². The predicted octanol–water partition coefficient (Wildman–Crippen LogP) is 1.63. The number of halogens is 1. The maximum atomic E-state index is 11.3. The Kier molecular flexibility index (Phi) is 3.02. The molecule has 0 heterocycles. The second-order valence-corrected chi connectivity index (χ2v) is 0.920. The average Bonchev–Trinajstić information content (AvgIpc) is 1.72. The van der Waals surface area contributed by atoms with Crippen molar-refractivity contribution >= 4 is 0 Å². The summed E-state index contributed by atoms with van der Waals surface area (Å²) in [7, 11) is 1.38. The van der Waals surface area contributed by atoms with Gasteiger partial charge in [-0.1, -0.05) is 6.58 Å². The van der Waals surface area contributed by atoms with Gasteiger partial charge in [-0.3, -0.25) is 0 Å². The standard InChI is InChI=1S/C5H7FO/c1-3-5(4-6)7-2/h3-4H,1H2,2H3/b5-4-. The Balaban J connectivity index is 3.60. The molecule has 0 bridgehead atoms. The van der Waals surface area contributed by atoms with E-state index in [4.69, 9.17) is 0 Å². The molecule has 0 aromatic heterocycles. The van der Waals surface area contributed by atoms with E-state index in [1.165, 1.54) is 13.2 Å². The fourth-order valence-electron chi connectivity index (χ4n) is 0.172. The summed E-state index contributed by atoms with van der Waals surface area (Å²) in [5.41, 5.74) is 0. The van der Waals surface area contributed by atoms with E-state index in [0.717, 1.165) is 0 Å². The van der Waals surface area contributed by atoms with E-state index in [9.17, 15) is 4.39 Å². The van der Waals surface area contributed by atoms with Gasteiger partial charge < -0.3 is 4.74 Å². The molecule has 0 spiro atoms. The van der Waals surface area contributed by atoms with Crippen molar-refractivity contribution in [2.75, 3.05) is 7.11 Å². The van der Waals surface area contributed by atoms with E-state index in [-0.39, 0.29) is 5.76 Å². The third kappa shape index (κ3) is 1.98. The van der Waals surface area contributed by atoms with Gasteiger partial charge in [-0.15, -0.1) is 0 Å². The van der Waals surface area contributed by atoms with Crippen LogP contribution >= 0.6 is 0 Å². The molecule has 0 aromatic rings. The van der Waals surface area contributed by atoms with Gasteiger partial charge in [0.05, 0.1) is 7.11 Å². The van der Waals surface area contributed by atoms with Crippen LogP contribution in [0.15, 0.2) is 24.7 Å². The molecule has 0 unspecified atom stereocenters. The smallest absolute Gasteiger partial charge is 0.146 e. The van der Waals surface area contributed by atoms with Crippen molar-refractivity contribution < 1.29 is 9.13 Å². The van der Waals surface area contributed by atoms with E-state index in [1.807, 2.05) is 0 Å². The molecule has 0 aromatic carbocycles. The quantitative estimate of drug-likeness (QED) is 0.380. The Labute approximate surface area is 42.1 Å². The number of methoxy groups -OCH3 is 1. The maximum Gasteiger partial charge on any atom is 0.146 e. The second kappa shape index (κ2) is 3.40. The molecule has 0 radical (unpaired) electrons. The summed E-state index contributed by atoms with van der Waals surface area (Å²) >= 11 is 0. The molecule has 0 aliphatic rings. The third-order valence-corrected chi connectivity index (χ3v) is 0.544. The molecule has 0 fully saturated rings. The highest BCUT2D eigenvalue weighted by Gasteiger charge is 1.80. The summed E-state index contributed by atoms with van der Waals surface area (Å²) in [5, 5.41) is 0. The van der Waals surface area contributed by atoms with Crippen LogP contribution < -0.4 is 0 Å². The molecule has 0 rings (SSSR count). The predicted molar refractivity (Wildman–Crippen MR) is 26.4 cm³/mol. The van der Waals surface area contributed by atoms with Crippen LogP contribution in [0, 0.1) is 0 Å². The SMILES string of the molecule is C=C/C(=C/F)OC.